The van der Waals surface area contributed by atoms with Crippen molar-refractivity contribution in [2.45, 2.75) is 19.4 Å². The summed E-state index contributed by atoms with van der Waals surface area (Å²) in [6, 6.07) is 5.75. The molecule has 1 fully saturated rings. The predicted octanol–water partition coefficient (Wildman–Crippen LogP) is 1.66. The minimum atomic E-state index is -0.245. The fourth-order valence-electron chi connectivity index (χ4n) is 3.46. The molecule has 0 aliphatic carbocycles. The number of fused-ring (bicyclic) bond motifs is 1. The van der Waals surface area contributed by atoms with E-state index < -0.39 is 0 Å². The molecule has 3 heterocycles. The molecule has 0 spiro atoms. The quantitative estimate of drug-likeness (QED) is 0.559. The largest absolute Gasteiger partial charge is 0.496 e. The van der Waals surface area contributed by atoms with Crippen LogP contribution >= 0.6 is 0 Å². The molecule has 0 atom stereocenters. The van der Waals surface area contributed by atoms with Gasteiger partial charge in [-0.2, -0.15) is 9.97 Å². The van der Waals surface area contributed by atoms with Crippen LogP contribution in [0.5, 0.6) is 5.75 Å². The van der Waals surface area contributed by atoms with E-state index in [1.54, 1.807) is 7.11 Å². The number of benzene rings is 1. The Morgan fingerprint density at radius 2 is 1.93 bits per heavy atom. The Labute approximate surface area is 174 Å². The first-order chi connectivity index (χ1) is 14.4. The van der Waals surface area contributed by atoms with E-state index in [1.807, 2.05) is 18.2 Å². The highest BCUT2D eigenvalue weighted by Gasteiger charge is 2.26. The number of ether oxygens (including phenoxy) is 2. The van der Waals surface area contributed by atoms with E-state index in [0.717, 1.165) is 37.4 Å². The Morgan fingerprint density at radius 1 is 1.17 bits per heavy atom. The molecular weight excluding hydrogens is 382 g/mol. The molecule has 0 radical (unpaired) electrons. The Kier molecular flexibility index (Phi) is 5.20. The maximum atomic E-state index is 5.92. The first-order valence-electron chi connectivity index (χ1n) is 9.70. The third-order valence-electron chi connectivity index (χ3n) is 5.17. The summed E-state index contributed by atoms with van der Waals surface area (Å²) in [5, 5.41) is 0. The van der Waals surface area contributed by atoms with E-state index in [1.165, 1.54) is 0 Å². The van der Waals surface area contributed by atoms with Gasteiger partial charge in [-0.3, -0.25) is 4.90 Å². The van der Waals surface area contributed by atoms with E-state index in [0.29, 0.717) is 22.7 Å². The minimum absolute atomic E-state index is 0.0820. The monoisotopic (exact) mass is 407 g/mol. The van der Waals surface area contributed by atoms with Crippen molar-refractivity contribution in [3.8, 4) is 29.0 Å². The number of methoxy groups -OCH3 is 1. The second-order valence-corrected chi connectivity index (χ2v) is 7.57. The summed E-state index contributed by atoms with van der Waals surface area (Å²) >= 11 is 0. The molecule has 5 N–H and O–H groups in total. The maximum absolute atomic E-state index is 5.92. The SMILES string of the molecule is COc1cc(C#CC(C)(C)N2CCOCC2)ccc1-c1nc2nc(N)nc(N)c2[nH]1. The van der Waals surface area contributed by atoms with Crippen molar-refractivity contribution < 1.29 is 9.47 Å². The third kappa shape index (κ3) is 3.87. The highest BCUT2D eigenvalue weighted by molar-refractivity contribution is 5.86. The Hall–Kier alpha value is -3.35. The molecule has 0 bridgehead atoms. The van der Waals surface area contributed by atoms with Gasteiger partial charge in [0.2, 0.25) is 5.95 Å². The van der Waals surface area contributed by atoms with Gasteiger partial charge < -0.3 is 25.9 Å². The van der Waals surface area contributed by atoms with E-state index in [2.05, 4.69) is 50.5 Å². The molecule has 1 saturated heterocycles. The molecule has 0 unspecified atom stereocenters. The number of hydrogen-bond donors (Lipinski definition) is 3. The van der Waals surface area contributed by atoms with Crippen molar-refractivity contribution in [3.05, 3.63) is 23.8 Å². The normalized spacial score (nSPS) is 15.0. The van der Waals surface area contributed by atoms with Crippen molar-refractivity contribution in [3.63, 3.8) is 0 Å². The topological polar surface area (TPSA) is 128 Å². The lowest BCUT2D eigenvalue weighted by atomic mass is 10.0. The molecule has 0 amide bonds. The summed E-state index contributed by atoms with van der Waals surface area (Å²) in [7, 11) is 1.61. The van der Waals surface area contributed by atoms with Crippen molar-refractivity contribution in [2.24, 2.45) is 0 Å². The summed E-state index contributed by atoms with van der Waals surface area (Å²) in [5.41, 5.74) is 13.9. The minimum Gasteiger partial charge on any atom is -0.496 e. The molecule has 1 aliphatic rings. The average Bonchev–Trinajstić information content (AvgIpc) is 3.17. The van der Waals surface area contributed by atoms with Crippen molar-refractivity contribution in [1.29, 1.82) is 0 Å². The number of nitrogens with zero attached hydrogens (tertiary/aromatic N) is 4. The van der Waals surface area contributed by atoms with Gasteiger partial charge in [-0.1, -0.05) is 11.8 Å². The molecule has 9 heteroatoms. The molecular formula is C21H25N7O2. The van der Waals surface area contributed by atoms with Crippen molar-refractivity contribution in [1.82, 2.24) is 24.8 Å². The molecule has 2 aromatic heterocycles. The average molecular weight is 407 g/mol. The lowest BCUT2D eigenvalue weighted by molar-refractivity contribution is 0.00739. The van der Waals surface area contributed by atoms with Crippen LogP contribution in [0.15, 0.2) is 18.2 Å². The van der Waals surface area contributed by atoms with Crippen LogP contribution in [-0.2, 0) is 4.74 Å². The van der Waals surface area contributed by atoms with E-state index >= 15 is 0 Å². The summed E-state index contributed by atoms with van der Waals surface area (Å²) in [6.45, 7) is 7.50. The number of nitrogen functional groups attached to an aromatic ring is 2. The molecule has 9 nitrogen and oxygen atoms in total. The van der Waals surface area contributed by atoms with Gasteiger partial charge in [-0.25, -0.2) is 4.98 Å². The number of imidazole rings is 1. The molecule has 0 saturated carbocycles. The summed E-state index contributed by atoms with van der Waals surface area (Å²) in [4.78, 5) is 18.1. The summed E-state index contributed by atoms with van der Waals surface area (Å²) in [5.74, 6) is 8.21. The second-order valence-electron chi connectivity index (χ2n) is 7.57. The van der Waals surface area contributed by atoms with Crippen LogP contribution < -0.4 is 16.2 Å². The van der Waals surface area contributed by atoms with Gasteiger partial charge in [0.1, 0.15) is 17.1 Å². The predicted molar refractivity (Wildman–Crippen MR) is 116 cm³/mol. The molecule has 3 aromatic rings. The van der Waals surface area contributed by atoms with Crippen molar-refractivity contribution in [2.75, 3.05) is 44.9 Å². The Morgan fingerprint density at radius 3 is 2.67 bits per heavy atom. The first-order valence-corrected chi connectivity index (χ1v) is 9.70. The van der Waals surface area contributed by atoms with Gasteiger partial charge >= 0.3 is 0 Å². The number of aromatic amines is 1. The number of nitrogens with two attached hydrogens (primary N) is 2. The second kappa shape index (κ2) is 7.82. The van der Waals surface area contributed by atoms with Crippen LogP contribution in [0, 0.1) is 11.8 Å². The lowest BCUT2D eigenvalue weighted by Crippen LogP contribution is -2.49. The fraction of sp³-hybridized carbons (Fsp3) is 0.381. The molecule has 4 rings (SSSR count). The highest BCUT2D eigenvalue weighted by atomic mass is 16.5. The zero-order valence-electron chi connectivity index (χ0n) is 17.3. The standard InChI is InChI=1S/C21H25N7O2/c1-21(2,28-8-10-30-11-9-28)7-6-13-4-5-14(15(12-13)29-3)18-24-16-17(22)25-20(23)27-19(16)26-18/h4-5,12H,8-11H2,1-3H3,(H5,22,23,24,25,26,27). The maximum Gasteiger partial charge on any atom is 0.224 e. The number of nitrogens with one attached hydrogen (secondary N) is 1. The fourth-order valence-corrected chi connectivity index (χ4v) is 3.46. The van der Waals surface area contributed by atoms with Crippen LogP contribution in [-0.4, -0.2) is 63.8 Å². The Balaban J connectivity index is 1.65. The lowest BCUT2D eigenvalue weighted by Gasteiger charge is -2.37. The number of rotatable bonds is 3. The molecule has 30 heavy (non-hydrogen) atoms. The zero-order chi connectivity index (χ0) is 21.3. The van der Waals surface area contributed by atoms with Crippen molar-refractivity contribution >= 4 is 22.9 Å². The number of hydrogen-bond acceptors (Lipinski definition) is 8. The van der Waals surface area contributed by atoms with Crippen LogP contribution in [0.1, 0.15) is 19.4 Å². The van der Waals surface area contributed by atoms with Gasteiger partial charge in [0.15, 0.2) is 11.5 Å². The summed E-state index contributed by atoms with van der Waals surface area (Å²) in [6.07, 6.45) is 0. The number of anilines is 2. The molecule has 1 aliphatic heterocycles. The number of H-pyrrole nitrogens is 1. The first kappa shape index (κ1) is 19.9. The number of aromatic nitrogens is 4. The van der Waals surface area contributed by atoms with Gasteiger partial charge in [0.25, 0.3) is 0 Å². The third-order valence-corrected chi connectivity index (χ3v) is 5.17. The van der Waals surface area contributed by atoms with Crippen LogP contribution in [0.2, 0.25) is 0 Å². The van der Waals surface area contributed by atoms with Crippen LogP contribution in [0.25, 0.3) is 22.6 Å². The molecule has 156 valence electrons. The number of morpholine rings is 1. The van der Waals surface area contributed by atoms with E-state index in [-0.39, 0.29) is 17.3 Å². The molecule has 1 aromatic carbocycles. The zero-order valence-corrected chi connectivity index (χ0v) is 17.3. The summed E-state index contributed by atoms with van der Waals surface area (Å²) < 4.78 is 11.0. The van der Waals surface area contributed by atoms with Gasteiger partial charge in [0.05, 0.1) is 31.4 Å². The van der Waals surface area contributed by atoms with Crippen LogP contribution in [0.3, 0.4) is 0 Å². The van der Waals surface area contributed by atoms with Gasteiger partial charge in [0, 0.05) is 18.7 Å². The smallest absolute Gasteiger partial charge is 0.224 e. The van der Waals surface area contributed by atoms with E-state index in [4.69, 9.17) is 20.9 Å². The van der Waals surface area contributed by atoms with Gasteiger partial charge in [-0.15, -0.1) is 0 Å². The van der Waals surface area contributed by atoms with E-state index in [9.17, 15) is 0 Å². The van der Waals surface area contributed by atoms with Gasteiger partial charge in [-0.05, 0) is 32.0 Å². The highest BCUT2D eigenvalue weighted by Crippen LogP contribution is 2.31. The van der Waals surface area contributed by atoms with Crippen LogP contribution in [0.4, 0.5) is 11.8 Å². The Bertz CT molecular complexity index is 1140.